The summed E-state index contributed by atoms with van der Waals surface area (Å²) in [5, 5.41) is 8.70. The van der Waals surface area contributed by atoms with Gasteiger partial charge in [-0.2, -0.15) is 0 Å². The smallest absolute Gasteiger partial charge is 0.277 e. The van der Waals surface area contributed by atoms with Crippen molar-refractivity contribution in [3.05, 3.63) is 76.5 Å². The molecular formula is C19H13N3O3S. The highest BCUT2D eigenvalue weighted by molar-refractivity contribution is 7.03. The van der Waals surface area contributed by atoms with E-state index in [-0.39, 0.29) is 17.2 Å². The zero-order chi connectivity index (χ0) is 18.1. The van der Waals surface area contributed by atoms with Crippen molar-refractivity contribution in [2.24, 2.45) is 0 Å². The Kier molecular flexibility index (Phi) is 4.06. The van der Waals surface area contributed by atoms with Gasteiger partial charge in [0.05, 0.1) is 5.69 Å². The lowest BCUT2D eigenvalue weighted by atomic mass is 10.1. The second-order valence-electron chi connectivity index (χ2n) is 5.74. The van der Waals surface area contributed by atoms with Crippen molar-refractivity contribution in [2.45, 2.75) is 6.92 Å². The highest BCUT2D eigenvalue weighted by Crippen LogP contribution is 2.32. The molecule has 0 saturated heterocycles. The molecule has 0 bridgehead atoms. The van der Waals surface area contributed by atoms with Gasteiger partial charge in [0, 0.05) is 16.3 Å². The first-order valence-electron chi connectivity index (χ1n) is 7.85. The zero-order valence-corrected chi connectivity index (χ0v) is 14.5. The van der Waals surface area contributed by atoms with E-state index in [2.05, 4.69) is 14.9 Å². The van der Waals surface area contributed by atoms with Gasteiger partial charge in [0.2, 0.25) is 5.78 Å². The van der Waals surface area contributed by atoms with Crippen molar-refractivity contribution < 1.29 is 14.0 Å². The van der Waals surface area contributed by atoms with E-state index in [9.17, 15) is 9.59 Å². The molecule has 0 atom stereocenters. The lowest BCUT2D eigenvalue weighted by molar-refractivity contribution is 0.101. The number of hydrogen-bond donors (Lipinski definition) is 1. The Balaban J connectivity index is 1.80. The number of ketones is 1. The van der Waals surface area contributed by atoms with E-state index >= 15 is 0 Å². The molecular weight excluding hydrogens is 350 g/mol. The molecule has 4 rings (SSSR count). The molecule has 0 aliphatic rings. The molecule has 7 heteroatoms. The summed E-state index contributed by atoms with van der Waals surface area (Å²) in [5.41, 5.74) is 2.59. The third kappa shape index (κ3) is 2.89. The van der Waals surface area contributed by atoms with E-state index in [1.165, 1.54) is 0 Å². The van der Waals surface area contributed by atoms with E-state index < -0.39 is 5.91 Å². The third-order valence-electron chi connectivity index (χ3n) is 3.95. The van der Waals surface area contributed by atoms with Crippen LogP contribution in [-0.4, -0.2) is 21.3 Å². The minimum Gasteiger partial charge on any atom is -0.450 e. The molecule has 2 heterocycles. The number of amides is 1. The molecule has 2 aromatic carbocycles. The number of carbonyl (C=O) groups excluding carboxylic acids is 2. The summed E-state index contributed by atoms with van der Waals surface area (Å²) in [6.45, 7) is 1.95. The number of carbonyl (C=O) groups is 2. The van der Waals surface area contributed by atoms with Gasteiger partial charge in [-0.3, -0.25) is 9.59 Å². The van der Waals surface area contributed by atoms with Gasteiger partial charge in [-0.05, 0) is 30.6 Å². The van der Waals surface area contributed by atoms with Gasteiger partial charge < -0.3 is 9.73 Å². The summed E-state index contributed by atoms with van der Waals surface area (Å²) in [4.78, 5) is 25.4. The maximum absolute atomic E-state index is 12.9. The molecule has 0 spiro atoms. The van der Waals surface area contributed by atoms with Crippen molar-refractivity contribution >= 4 is 39.9 Å². The SMILES string of the molecule is Cc1ccc(C(=O)c2oc3ccccc3c2NC(=O)c2csnn2)cc1. The number of fused-ring (bicyclic) bond motifs is 1. The number of anilines is 1. The molecule has 4 aromatic rings. The Bertz CT molecular complexity index is 1100. The van der Waals surface area contributed by atoms with Crippen LogP contribution in [0.2, 0.25) is 0 Å². The first-order chi connectivity index (χ1) is 12.6. The van der Waals surface area contributed by atoms with Crippen LogP contribution in [0.5, 0.6) is 0 Å². The Labute approximate surface area is 152 Å². The van der Waals surface area contributed by atoms with Crippen molar-refractivity contribution in [2.75, 3.05) is 5.32 Å². The van der Waals surface area contributed by atoms with Crippen LogP contribution in [0.3, 0.4) is 0 Å². The predicted molar refractivity (Wildman–Crippen MR) is 98.7 cm³/mol. The van der Waals surface area contributed by atoms with E-state index in [4.69, 9.17) is 4.42 Å². The molecule has 0 saturated carbocycles. The van der Waals surface area contributed by atoms with Crippen LogP contribution in [0.15, 0.2) is 58.3 Å². The molecule has 0 aliphatic heterocycles. The molecule has 26 heavy (non-hydrogen) atoms. The van der Waals surface area contributed by atoms with Crippen LogP contribution < -0.4 is 5.32 Å². The van der Waals surface area contributed by atoms with Crippen molar-refractivity contribution in [3.63, 3.8) is 0 Å². The predicted octanol–water partition coefficient (Wildman–Crippen LogP) is 4.08. The van der Waals surface area contributed by atoms with Crippen LogP contribution in [0.4, 0.5) is 5.69 Å². The van der Waals surface area contributed by atoms with Crippen molar-refractivity contribution in [1.29, 1.82) is 0 Å². The number of aryl methyl sites for hydroxylation is 1. The number of furan rings is 1. The lowest BCUT2D eigenvalue weighted by Gasteiger charge is -2.04. The number of para-hydroxylation sites is 1. The average molecular weight is 363 g/mol. The summed E-state index contributed by atoms with van der Waals surface area (Å²) < 4.78 is 9.45. The van der Waals surface area contributed by atoms with E-state index in [0.29, 0.717) is 22.2 Å². The number of nitrogens with one attached hydrogen (secondary N) is 1. The van der Waals surface area contributed by atoms with Gasteiger partial charge in [0.1, 0.15) is 5.58 Å². The summed E-state index contributed by atoms with van der Waals surface area (Å²) in [7, 11) is 0. The fourth-order valence-corrected chi connectivity index (χ4v) is 3.04. The fraction of sp³-hybridized carbons (Fsp3) is 0.0526. The largest absolute Gasteiger partial charge is 0.450 e. The quantitative estimate of drug-likeness (QED) is 0.552. The highest BCUT2D eigenvalue weighted by atomic mass is 32.1. The standard InChI is InChI=1S/C19H13N3O3S/c1-11-6-8-12(9-7-11)17(23)18-16(13-4-2-3-5-15(13)25-18)20-19(24)14-10-26-22-21-14/h2-10H,1H3,(H,20,24). The van der Waals surface area contributed by atoms with Gasteiger partial charge in [-0.1, -0.05) is 46.4 Å². The zero-order valence-electron chi connectivity index (χ0n) is 13.7. The molecule has 1 amide bonds. The maximum Gasteiger partial charge on any atom is 0.277 e. The molecule has 0 radical (unpaired) electrons. The van der Waals surface area contributed by atoms with Crippen LogP contribution in [-0.2, 0) is 0 Å². The second-order valence-corrected chi connectivity index (χ2v) is 6.35. The van der Waals surface area contributed by atoms with Crippen LogP contribution in [0, 0.1) is 6.92 Å². The molecule has 6 nitrogen and oxygen atoms in total. The summed E-state index contributed by atoms with van der Waals surface area (Å²) >= 11 is 1.08. The number of nitrogens with zero attached hydrogens (tertiary/aromatic N) is 2. The number of hydrogen-bond acceptors (Lipinski definition) is 6. The minimum absolute atomic E-state index is 0.0894. The Morgan fingerprint density at radius 3 is 2.58 bits per heavy atom. The van der Waals surface area contributed by atoms with Gasteiger partial charge in [-0.25, -0.2) is 0 Å². The molecule has 0 fully saturated rings. The molecule has 128 valence electrons. The van der Waals surface area contributed by atoms with E-state index in [1.807, 2.05) is 31.2 Å². The van der Waals surface area contributed by atoms with Crippen LogP contribution in [0.1, 0.15) is 32.2 Å². The van der Waals surface area contributed by atoms with Crippen LogP contribution >= 0.6 is 11.5 Å². The summed E-state index contributed by atoms with van der Waals surface area (Å²) in [5.74, 6) is -0.650. The van der Waals surface area contributed by atoms with Gasteiger partial charge in [-0.15, -0.1) is 5.10 Å². The number of rotatable bonds is 4. The summed E-state index contributed by atoms with van der Waals surface area (Å²) in [6.07, 6.45) is 0. The minimum atomic E-state index is -0.441. The van der Waals surface area contributed by atoms with Gasteiger partial charge in [0.15, 0.2) is 11.5 Å². The lowest BCUT2D eigenvalue weighted by Crippen LogP contribution is -2.14. The van der Waals surface area contributed by atoms with Crippen molar-refractivity contribution in [3.8, 4) is 0 Å². The van der Waals surface area contributed by atoms with Gasteiger partial charge >= 0.3 is 0 Å². The van der Waals surface area contributed by atoms with E-state index in [0.717, 1.165) is 17.1 Å². The molecule has 0 unspecified atom stereocenters. The molecule has 2 aromatic heterocycles. The van der Waals surface area contributed by atoms with E-state index in [1.54, 1.807) is 29.6 Å². The molecule has 1 N–H and O–H groups in total. The summed E-state index contributed by atoms with van der Waals surface area (Å²) in [6, 6.07) is 14.4. The third-order valence-corrected chi connectivity index (χ3v) is 4.45. The van der Waals surface area contributed by atoms with Gasteiger partial charge in [0.25, 0.3) is 5.91 Å². The molecule has 0 aliphatic carbocycles. The average Bonchev–Trinajstić information content (AvgIpc) is 3.30. The Hall–Kier alpha value is -3.32. The first kappa shape index (κ1) is 16.2. The van der Waals surface area contributed by atoms with Crippen LogP contribution in [0.25, 0.3) is 11.0 Å². The fourth-order valence-electron chi connectivity index (χ4n) is 2.61. The number of benzene rings is 2. The monoisotopic (exact) mass is 363 g/mol. The topological polar surface area (TPSA) is 85.1 Å². The highest BCUT2D eigenvalue weighted by Gasteiger charge is 2.24. The van der Waals surface area contributed by atoms with Crippen molar-refractivity contribution in [1.82, 2.24) is 9.59 Å². The number of aromatic nitrogens is 2. The Morgan fingerprint density at radius 1 is 1.08 bits per heavy atom. The maximum atomic E-state index is 12.9. The normalized spacial score (nSPS) is 10.8. The Morgan fingerprint density at radius 2 is 1.85 bits per heavy atom. The first-order valence-corrected chi connectivity index (χ1v) is 8.68. The second kappa shape index (κ2) is 6.53.